The largest absolute Gasteiger partial charge is 0.756 e. The summed E-state index contributed by atoms with van der Waals surface area (Å²) in [5.41, 5.74) is 0. The smallest absolute Gasteiger partial charge is 0.268 e. The summed E-state index contributed by atoms with van der Waals surface area (Å²) in [6.45, 7) is 4.71. The second-order valence-electron chi connectivity index (χ2n) is 25.3. The molecule has 0 heterocycles. The van der Waals surface area contributed by atoms with E-state index in [4.69, 9.17) is 9.05 Å². The van der Waals surface area contributed by atoms with Crippen LogP contribution in [0, 0.1) is 0 Å². The maximum atomic E-state index is 13.0. The van der Waals surface area contributed by atoms with Crippen LogP contribution in [-0.2, 0) is 18.4 Å². The topological polar surface area (TPSA) is 108 Å². The predicted octanol–water partition coefficient (Wildman–Crippen LogP) is 21.1. The summed E-state index contributed by atoms with van der Waals surface area (Å²) in [6, 6.07) is -0.883. The molecule has 0 aromatic carbocycles. The first-order valence-electron chi connectivity index (χ1n) is 34.6. The average molecular weight is 1110 g/mol. The van der Waals surface area contributed by atoms with Crippen LogP contribution in [0.25, 0.3) is 0 Å². The van der Waals surface area contributed by atoms with E-state index < -0.39 is 20.0 Å². The van der Waals surface area contributed by atoms with Gasteiger partial charge in [-0.25, -0.2) is 0 Å². The maximum Gasteiger partial charge on any atom is 0.268 e. The van der Waals surface area contributed by atoms with Gasteiger partial charge in [-0.15, -0.1) is 0 Å². The molecule has 0 aliphatic rings. The van der Waals surface area contributed by atoms with Gasteiger partial charge in [-0.2, -0.15) is 0 Å². The van der Waals surface area contributed by atoms with Crippen molar-refractivity contribution in [2.45, 2.75) is 379 Å². The number of unbranched alkanes of at least 4 members (excludes halogenated alkanes) is 52. The van der Waals surface area contributed by atoms with Crippen LogP contribution in [-0.4, -0.2) is 68.5 Å². The highest BCUT2D eigenvalue weighted by Gasteiger charge is 2.23. The van der Waals surface area contributed by atoms with Crippen molar-refractivity contribution >= 4 is 13.7 Å². The van der Waals surface area contributed by atoms with Gasteiger partial charge in [0.15, 0.2) is 0 Å². The van der Waals surface area contributed by atoms with E-state index in [1.54, 1.807) is 6.08 Å². The number of phosphoric ester groups is 1. The Labute approximate surface area is 482 Å². The number of aliphatic hydroxyl groups excluding tert-OH is 1. The van der Waals surface area contributed by atoms with Crippen LogP contribution < -0.4 is 10.2 Å². The molecule has 9 heteroatoms. The van der Waals surface area contributed by atoms with Crippen LogP contribution in [0.2, 0.25) is 0 Å². The minimum absolute atomic E-state index is 0.00286. The van der Waals surface area contributed by atoms with E-state index in [1.807, 2.05) is 27.2 Å². The van der Waals surface area contributed by atoms with Gasteiger partial charge in [0.05, 0.1) is 39.9 Å². The maximum absolute atomic E-state index is 13.0. The van der Waals surface area contributed by atoms with Crippen LogP contribution in [0.1, 0.15) is 367 Å². The minimum atomic E-state index is -4.60. The molecule has 2 N–H and O–H groups in total. The molecular formula is C68H137N2O6P. The van der Waals surface area contributed by atoms with E-state index in [0.717, 1.165) is 38.5 Å². The molecule has 0 saturated carbocycles. The molecule has 77 heavy (non-hydrogen) atoms. The van der Waals surface area contributed by atoms with Gasteiger partial charge in [-0.3, -0.25) is 9.36 Å². The van der Waals surface area contributed by atoms with Crippen LogP contribution >= 0.6 is 7.82 Å². The number of carbonyl (C=O) groups is 1. The van der Waals surface area contributed by atoms with Gasteiger partial charge < -0.3 is 28.8 Å². The summed E-state index contributed by atoms with van der Waals surface area (Å²) < 4.78 is 23.4. The van der Waals surface area contributed by atoms with Crippen molar-refractivity contribution in [3.05, 3.63) is 12.2 Å². The summed E-state index contributed by atoms with van der Waals surface area (Å²) >= 11 is 0. The van der Waals surface area contributed by atoms with Crippen LogP contribution in [0.5, 0.6) is 0 Å². The van der Waals surface area contributed by atoms with Crippen LogP contribution in [0.15, 0.2) is 12.2 Å². The second-order valence-corrected chi connectivity index (χ2v) is 26.7. The molecule has 0 aromatic rings. The highest BCUT2D eigenvalue weighted by molar-refractivity contribution is 7.45. The Kier molecular flexibility index (Phi) is 59.3. The normalized spacial score (nSPS) is 13.7. The lowest BCUT2D eigenvalue weighted by Crippen LogP contribution is -2.45. The SMILES string of the molecule is CCCCCCCCCCCCCCCCCCC/C=C/C(O)C(COP(=O)([O-])OCC[N+](C)(C)C)NC(=O)CCCCCCCCCCCCCCCCCCCCCCCCCCCCCCCCCCCCCC. The summed E-state index contributed by atoms with van der Waals surface area (Å²) in [5, 5.41) is 13.9. The highest BCUT2D eigenvalue weighted by Crippen LogP contribution is 2.38. The van der Waals surface area contributed by atoms with E-state index in [9.17, 15) is 19.4 Å². The van der Waals surface area contributed by atoms with Gasteiger partial charge in [0, 0.05) is 6.42 Å². The number of nitrogens with one attached hydrogen (secondary N) is 1. The Morgan fingerprint density at radius 2 is 0.701 bits per heavy atom. The number of hydrogen-bond acceptors (Lipinski definition) is 6. The number of carbonyl (C=O) groups excluding carboxylic acids is 1. The molecule has 0 saturated heterocycles. The number of quaternary nitrogens is 1. The fourth-order valence-electron chi connectivity index (χ4n) is 10.9. The van der Waals surface area contributed by atoms with Crippen molar-refractivity contribution in [1.82, 2.24) is 5.32 Å². The molecule has 0 aliphatic carbocycles. The van der Waals surface area contributed by atoms with Gasteiger partial charge >= 0.3 is 0 Å². The Bertz CT molecular complexity index is 1260. The minimum Gasteiger partial charge on any atom is -0.756 e. The summed E-state index contributed by atoms with van der Waals surface area (Å²) in [4.78, 5) is 25.6. The number of nitrogens with zero attached hydrogens (tertiary/aromatic N) is 1. The van der Waals surface area contributed by atoms with E-state index in [-0.39, 0.29) is 19.1 Å². The quantitative estimate of drug-likeness (QED) is 0.0272. The lowest BCUT2D eigenvalue weighted by atomic mass is 10.0. The van der Waals surface area contributed by atoms with Gasteiger partial charge in [0.2, 0.25) is 5.91 Å². The number of aliphatic hydroxyl groups is 1. The zero-order valence-corrected chi connectivity index (χ0v) is 53.6. The molecule has 3 unspecified atom stereocenters. The zero-order valence-electron chi connectivity index (χ0n) is 52.7. The van der Waals surface area contributed by atoms with E-state index in [0.29, 0.717) is 17.4 Å². The van der Waals surface area contributed by atoms with Crippen molar-refractivity contribution in [1.29, 1.82) is 0 Å². The van der Waals surface area contributed by atoms with Crippen molar-refractivity contribution in [3.8, 4) is 0 Å². The lowest BCUT2D eigenvalue weighted by molar-refractivity contribution is -0.870. The van der Waals surface area contributed by atoms with E-state index in [1.165, 1.54) is 308 Å². The molecule has 460 valence electrons. The third-order valence-electron chi connectivity index (χ3n) is 16.2. The molecular weight excluding hydrogens is 972 g/mol. The van der Waals surface area contributed by atoms with Crippen LogP contribution in [0.4, 0.5) is 0 Å². The summed E-state index contributed by atoms with van der Waals surface area (Å²) in [6.07, 6.45) is 76.3. The molecule has 0 rings (SSSR count). The Hall–Kier alpha value is -0.760. The Morgan fingerprint density at radius 1 is 0.442 bits per heavy atom. The third-order valence-corrected chi connectivity index (χ3v) is 17.2. The monoisotopic (exact) mass is 1110 g/mol. The molecule has 0 spiro atoms. The lowest BCUT2D eigenvalue weighted by Gasteiger charge is -2.29. The standard InChI is InChI=1S/C68H137N2O6P/c1-6-8-10-12-14-16-18-20-22-24-26-27-28-29-30-31-32-33-34-35-36-37-38-39-40-41-42-44-46-48-50-52-54-56-58-60-62-68(72)69-66(65-76-77(73,74)75-64-63-70(3,4)5)67(71)61-59-57-55-53-51-49-47-45-43-25-23-21-19-17-15-13-11-9-7-2/h59,61,66-67,71H,6-58,60,62-65H2,1-5H3,(H-,69,72,73,74)/b61-59+. The number of likely N-dealkylation sites (N-methyl/N-ethyl adjacent to an activating group) is 1. The molecule has 8 nitrogen and oxygen atoms in total. The summed E-state index contributed by atoms with van der Waals surface area (Å²) in [7, 11) is 1.28. The van der Waals surface area contributed by atoms with Crippen LogP contribution in [0.3, 0.4) is 0 Å². The van der Waals surface area contributed by atoms with Crippen molar-refractivity contribution in [2.75, 3.05) is 40.9 Å². The first-order valence-corrected chi connectivity index (χ1v) is 36.0. The molecule has 0 fully saturated rings. The van der Waals surface area contributed by atoms with Gasteiger partial charge in [-0.05, 0) is 19.3 Å². The Morgan fingerprint density at radius 3 is 0.974 bits per heavy atom. The van der Waals surface area contributed by atoms with Gasteiger partial charge in [0.25, 0.3) is 7.82 Å². The zero-order chi connectivity index (χ0) is 56.3. The van der Waals surface area contributed by atoms with Gasteiger partial charge in [-0.1, -0.05) is 353 Å². The molecule has 3 atom stereocenters. The first-order chi connectivity index (χ1) is 37.5. The predicted molar refractivity (Wildman–Crippen MR) is 335 cm³/mol. The fraction of sp³-hybridized carbons (Fsp3) is 0.956. The number of amides is 1. The highest BCUT2D eigenvalue weighted by atomic mass is 31.2. The fourth-order valence-corrected chi connectivity index (χ4v) is 11.6. The number of phosphoric acid groups is 1. The third kappa shape index (κ3) is 62.7. The second kappa shape index (κ2) is 59.8. The average Bonchev–Trinajstić information content (AvgIpc) is 3.39. The number of rotatable bonds is 65. The van der Waals surface area contributed by atoms with Gasteiger partial charge in [0.1, 0.15) is 13.2 Å². The van der Waals surface area contributed by atoms with E-state index in [2.05, 4.69) is 19.2 Å². The molecule has 0 aliphatic heterocycles. The number of allylic oxidation sites excluding steroid dienone is 1. The molecule has 0 aromatic heterocycles. The molecule has 1 amide bonds. The first kappa shape index (κ1) is 76.2. The summed E-state index contributed by atoms with van der Waals surface area (Å²) in [5.74, 6) is -0.188. The Balaban J connectivity index is 3.93. The number of hydrogen-bond donors (Lipinski definition) is 2. The van der Waals surface area contributed by atoms with E-state index >= 15 is 0 Å². The molecule has 0 radical (unpaired) electrons. The van der Waals surface area contributed by atoms with Crippen molar-refractivity contribution < 1.29 is 32.9 Å². The van der Waals surface area contributed by atoms with Crippen molar-refractivity contribution in [2.24, 2.45) is 0 Å². The molecule has 0 bridgehead atoms. The van der Waals surface area contributed by atoms with Crippen molar-refractivity contribution in [3.63, 3.8) is 0 Å².